The molecule has 0 fully saturated rings. The second kappa shape index (κ2) is 6.20. The van der Waals surface area contributed by atoms with Crippen molar-refractivity contribution in [3.05, 3.63) is 51.9 Å². The van der Waals surface area contributed by atoms with Gasteiger partial charge in [0, 0.05) is 17.0 Å². The standard InChI is InChI=1S/C15H16O3.H2O/c1-10(2)4-7-12-13(17-3)8-5-11-6-9-14(16)18-15(11)12;/h4-6,8-9H,7H2,1-3H3;1H2. The Morgan fingerprint density at radius 2 is 1.95 bits per heavy atom. The van der Waals surface area contributed by atoms with Gasteiger partial charge in [-0.1, -0.05) is 11.6 Å². The zero-order valence-electron chi connectivity index (χ0n) is 11.3. The summed E-state index contributed by atoms with van der Waals surface area (Å²) in [6, 6.07) is 6.99. The van der Waals surface area contributed by atoms with E-state index in [9.17, 15) is 4.79 Å². The van der Waals surface area contributed by atoms with Crippen LogP contribution in [0.4, 0.5) is 0 Å². The molecule has 0 spiro atoms. The summed E-state index contributed by atoms with van der Waals surface area (Å²) in [5, 5.41) is 0.910. The van der Waals surface area contributed by atoms with Gasteiger partial charge < -0.3 is 14.6 Å². The van der Waals surface area contributed by atoms with Gasteiger partial charge in [0.25, 0.3) is 0 Å². The quantitative estimate of drug-likeness (QED) is 0.630. The highest BCUT2D eigenvalue weighted by Gasteiger charge is 2.09. The first kappa shape index (κ1) is 15.0. The highest BCUT2D eigenvalue weighted by molar-refractivity contribution is 5.82. The summed E-state index contributed by atoms with van der Waals surface area (Å²) < 4.78 is 10.6. The molecule has 0 amide bonds. The topological polar surface area (TPSA) is 70.9 Å². The van der Waals surface area contributed by atoms with Crippen molar-refractivity contribution in [1.29, 1.82) is 0 Å². The lowest BCUT2D eigenvalue weighted by Gasteiger charge is -2.09. The van der Waals surface area contributed by atoms with Crippen LogP contribution in [0.25, 0.3) is 11.0 Å². The van der Waals surface area contributed by atoms with Gasteiger partial charge in [0.05, 0.1) is 7.11 Å². The average Bonchev–Trinajstić information content (AvgIpc) is 2.35. The molecule has 0 radical (unpaired) electrons. The van der Waals surface area contributed by atoms with Crippen LogP contribution < -0.4 is 10.4 Å². The van der Waals surface area contributed by atoms with Crippen molar-refractivity contribution in [2.75, 3.05) is 7.11 Å². The summed E-state index contributed by atoms with van der Waals surface area (Å²) in [5.74, 6) is 0.745. The lowest BCUT2D eigenvalue weighted by atomic mass is 10.1. The van der Waals surface area contributed by atoms with Crippen LogP contribution >= 0.6 is 0 Å². The first-order valence-electron chi connectivity index (χ1n) is 5.85. The third-order valence-electron chi connectivity index (χ3n) is 2.78. The van der Waals surface area contributed by atoms with Crippen molar-refractivity contribution < 1.29 is 14.6 Å². The number of hydrogen-bond acceptors (Lipinski definition) is 3. The van der Waals surface area contributed by atoms with Gasteiger partial charge >= 0.3 is 5.63 Å². The van der Waals surface area contributed by atoms with E-state index in [1.807, 2.05) is 26.0 Å². The molecule has 0 aliphatic carbocycles. The number of benzene rings is 1. The minimum Gasteiger partial charge on any atom is -0.496 e. The molecule has 0 unspecified atom stereocenters. The molecule has 0 saturated heterocycles. The van der Waals surface area contributed by atoms with Crippen LogP contribution in [-0.2, 0) is 6.42 Å². The summed E-state index contributed by atoms with van der Waals surface area (Å²) in [6.45, 7) is 4.07. The normalized spacial score (nSPS) is 9.84. The minimum atomic E-state index is -0.339. The van der Waals surface area contributed by atoms with Crippen molar-refractivity contribution in [2.45, 2.75) is 20.3 Å². The van der Waals surface area contributed by atoms with Gasteiger partial charge in [0.2, 0.25) is 0 Å². The fraction of sp³-hybridized carbons (Fsp3) is 0.267. The van der Waals surface area contributed by atoms with E-state index < -0.39 is 0 Å². The van der Waals surface area contributed by atoms with Gasteiger partial charge in [-0.15, -0.1) is 0 Å². The molecule has 1 heterocycles. The molecule has 0 atom stereocenters. The minimum absolute atomic E-state index is 0. The van der Waals surface area contributed by atoms with Crippen molar-refractivity contribution in [3.8, 4) is 5.75 Å². The molecule has 4 nitrogen and oxygen atoms in total. The van der Waals surface area contributed by atoms with Crippen molar-refractivity contribution in [3.63, 3.8) is 0 Å². The number of ether oxygens (including phenoxy) is 1. The number of methoxy groups -OCH3 is 1. The van der Waals surface area contributed by atoms with Gasteiger partial charge in [-0.25, -0.2) is 4.79 Å². The predicted octanol–water partition coefficient (Wildman–Crippen LogP) is 2.49. The third kappa shape index (κ3) is 3.23. The molecule has 102 valence electrons. The zero-order chi connectivity index (χ0) is 13.1. The molecule has 0 saturated carbocycles. The average molecular weight is 262 g/mol. The maximum absolute atomic E-state index is 11.4. The van der Waals surface area contributed by atoms with E-state index in [0.717, 1.165) is 16.7 Å². The SMILES string of the molecule is COc1ccc2ccc(=O)oc2c1CC=C(C)C.O. The molecule has 1 aromatic carbocycles. The van der Waals surface area contributed by atoms with Gasteiger partial charge in [0.15, 0.2) is 0 Å². The van der Waals surface area contributed by atoms with E-state index in [-0.39, 0.29) is 11.1 Å². The molecule has 2 N–H and O–H groups in total. The Morgan fingerprint density at radius 1 is 1.26 bits per heavy atom. The summed E-state index contributed by atoms with van der Waals surface area (Å²) in [4.78, 5) is 11.4. The Morgan fingerprint density at radius 3 is 2.58 bits per heavy atom. The molecule has 2 rings (SSSR count). The van der Waals surface area contributed by atoms with E-state index >= 15 is 0 Å². The monoisotopic (exact) mass is 262 g/mol. The first-order valence-corrected chi connectivity index (χ1v) is 5.85. The lowest BCUT2D eigenvalue weighted by molar-refractivity contribution is 0.409. The molecule has 0 bridgehead atoms. The second-order valence-corrected chi connectivity index (χ2v) is 4.40. The maximum Gasteiger partial charge on any atom is 0.336 e. The smallest absolute Gasteiger partial charge is 0.336 e. The van der Waals surface area contributed by atoms with Gasteiger partial charge in [-0.05, 0) is 38.5 Å². The number of hydrogen-bond donors (Lipinski definition) is 0. The third-order valence-corrected chi connectivity index (χ3v) is 2.78. The van der Waals surface area contributed by atoms with Crippen molar-refractivity contribution in [1.82, 2.24) is 0 Å². The van der Waals surface area contributed by atoms with Crippen LogP contribution in [0.5, 0.6) is 5.75 Å². The zero-order valence-corrected chi connectivity index (χ0v) is 11.3. The molecular formula is C15H18O4. The van der Waals surface area contributed by atoms with Crippen LogP contribution in [0.1, 0.15) is 19.4 Å². The van der Waals surface area contributed by atoms with Crippen LogP contribution in [0.15, 0.2) is 45.1 Å². The van der Waals surface area contributed by atoms with Gasteiger partial charge in [-0.2, -0.15) is 0 Å². The van der Waals surface area contributed by atoms with E-state index in [2.05, 4.69) is 6.08 Å². The molecule has 19 heavy (non-hydrogen) atoms. The van der Waals surface area contributed by atoms with E-state index in [1.165, 1.54) is 11.6 Å². The second-order valence-electron chi connectivity index (χ2n) is 4.40. The number of rotatable bonds is 3. The maximum atomic E-state index is 11.4. The number of allylic oxidation sites excluding steroid dienone is 2. The fourth-order valence-electron chi connectivity index (χ4n) is 1.86. The molecule has 2 aromatic rings. The molecule has 4 heteroatoms. The van der Waals surface area contributed by atoms with Crippen LogP contribution in [0.3, 0.4) is 0 Å². The van der Waals surface area contributed by atoms with Crippen molar-refractivity contribution >= 4 is 11.0 Å². The fourth-order valence-corrected chi connectivity index (χ4v) is 1.86. The highest BCUT2D eigenvalue weighted by atomic mass is 16.5. The Kier molecular flexibility index (Phi) is 4.89. The summed E-state index contributed by atoms with van der Waals surface area (Å²) in [6.07, 6.45) is 2.78. The molecular weight excluding hydrogens is 244 g/mol. The van der Waals surface area contributed by atoms with Crippen molar-refractivity contribution in [2.24, 2.45) is 0 Å². The first-order chi connectivity index (χ1) is 8.61. The van der Waals surface area contributed by atoms with E-state index in [4.69, 9.17) is 9.15 Å². The number of fused-ring (bicyclic) bond motifs is 1. The van der Waals surface area contributed by atoms with Crippen LogP contribution in [0.2, 0.25) is 0 Å². The Labute approximate surface area is 111 Å². The van der Waals surface area contributed by atoms with Crippen LogP contribution in [-0.4, -0.2) is 12.6 Å². The molecule has 0 aliphatic heterocycles. The Bertz CT molecular complexity index is 649. The highest BCUT2D eigenvalue weighted by Crippen LogP contribution is 2.28. The summed E-state index contributed by atoms with van der Waals surface area (Å²) >= 11 is 0. The van der Waals surface area contributed by atoms with Gasteiger partial charge in [-0.3, -0.25) is 0 Å². The Balaban J connectivity index is 0.00000180. The summed E-state index contributed by atoms with van der Waals surface area (Å²) in [7, 11) is 1.62. The molecule has 0 aliphatic rings. The van der Waals surface area contributed by atoms with Crippen LogP contribution in [0, 0.1) is 0 Å². The van der Waals surface area contributed by atoms with E-state index in [0.29, 0.717) is 12.0 Å². The van der Waals surface area contributed by atoms with E-state index in [1.54, 1.807) is 13.2 Å². The Hall–Kier alpha value is -2.07. The summed E-state index contributed by atoms with van der Waals surface area (Å²) in [5.41, 5.74) is 2.40. The largest absolute Gasteiger partial charge is 0.496 e. The van der Waals surface area contributed by atoms with Gasteiger partial charge in [0.1, 0.15) is 11.3 Å². The lowest BCUT2D eigenvalue weighted by Crippen LogP contribution is -1.99. The predicted molar refractivity (Wildman–Crippen MR) is 75.8 cm³/mol. The molecule has 1 aromatic heterocycles.